The molecule has 0 spiro atoms. The Balaban J connectivity index is 1.44. The quantitative estimate of drug-likeness (QED) is 0.597. The molecular weight excluding hydrogens is 441 g/mol. The third kappa shape index (κ3) is 5.58. The van der Waals surface area contributed by atoms with Crippen LogP contribution in [0.15, 0.2) is 77.7 Å². The molecule has 1 saturated heterocycles. The van der Waals surface area contributed by atoms with Gasteiger partial charge in [0.25, 0.3) is 15.9 Å². The normalized spacial score (nSPS) is 14.8. The number of carbonyl (C=O) groups is 1. The van der Waals surface area contributed by atoms with E-state index in [-0.39, 0.29) is 16.5 Å². The lowest BCUT2D eigenvalue weighted by Gasteiger charge is -2.35. The maximum atomic E-state index is 13.1. The number of piperazine rings is 1. The Hall–Kier alpha value is -3.23. The van der Waals surface area contributed by atoms with Crippen LogP contribution < -0.4 is 4.72 Å². The smallest absolute Gasteiger partial charge is 0.262 e. The summed E-state index contributed by atoms with van der Waals surface area (Å²) in [6.45, 7) is 5.18. The van der Waals surface area contributed by atoms with Crippen molar-refractivity contribution >= 4 is 21.6 Å². The summed E-state index contributed by atoms with van der Waals surface area (Å²) >= 11 is 0. The van der Waals surface area contributed by atoms with Crippen LogP contribution in [0, 0.1) is 12.7 Å². The zero-order valence-electron chi connectivity index (χ0n) is 18.4. The van der Waals surface area contributed by atoms with E-state index in [0.717, 1.165) is 19.6 Å². The zero-order valence-corrected chi connectivity index (χ0v) is 19.2. The van der Waals surface area contributed by atoms with Gasteiger partial charge in [0.05, 0.1) is 4.90 Å². The van der Waals surface area contributed by atoms with Gasteiger partial charge in [-0.05, 0) is 54.4 Å². The van der Waals surface area contributed by atoms with E-state index in [1.807, 2.05) is 18.2 Å². The molecule has 4 rings (SSSR count). The number of benzene rings is 3. The average Bonchev–Trinajstić information content (AvgIpc) is 2.81. The van der Waals surface area contributed by atoms with Crippen molar-refractivity contribution in [1.29, 1.82) is 0 Å². The van der Waals surface area contributed by atoms with Crippen molar-refractivity contribution in [3.05, 3.63) is 95.3 Å². The minimum atomic E-state index is -3.94. The standard InChI is InChI=1S/C25H26FN3O3S/c1-19-7-8-21(17-24(19)33(31,32)27-23-11-9-22(26)10-12-23)25(30)29-15-13-28(14-16-29)18-20-5-3-2-4-6-20/h2-12,17,27H,13-16,18H2,1H3. The number of rotatable bonds is 6. The van der Waals surface area contributed by atoms with Gasteiger partial charge in [-0.3, -0.25) is 14.4 Å². The van der Waals surface area contributed by atoms with E-state index in [1.54, 1.807) is 24.0 Å². The number of anilines is 1. The third-order valence-corrected chi connectivity index (χ3v) is 7.25. The molecule has 1 amide bonds. The van der Waals surface area contributed by atoms with Crippen LogP contribution in [0.3, 0.4) is 0 Å². The molecule has 33 heavy (non-hydrogen) atoms. The number of hydrogen-bond acceptors (Lipinski definition) is 4. The van der Waals surface area contributed by atoms with Crippen molar-refractivity contribution in [3.8, 4) is 0 Å². The van der Waals surface area contributed by atoms with Crippen molar-refractivity contribution in [1.82, 2.24) is 9.80 Å². The molecule has 1 N–H and O–H groups in total. The van der Waals surface area contributed by atoms with E-state index in [0.29, 0.717) is 24.2 Å². The highest BCUT2D eigenvalue weighted by atomic mass is 32.2. The van der Waals surface area contributed by atoms with E-state index < -0.39 is 15.8 Å². The number of halogens is 1. The van der Waals surface area contributed by atoms with Crippen LogP contribution in [-0.2, 0) is 16.6 Å². The largest absolute Gasteiger partial charge is 0.336 e. The van der Waals surface area contributed by atoms with Crippen LogP contribution in [0.25, 0.3) is 0 Å². The summed E-state index contributed by atoms with van der Waals surface area (Å²) in [7, 11) is -3.94. The van der Waals surface area contributed by atoms with E-state index in [2.05, 4.69) is 21.8 Å². The second kappa shape index (κ2) is 9.72. The first-order valence-electron chi connectivity index (χ1n) is 10.8. The molecule has 0 atom stereocenters. The molecular formula is C25H26FN3O3S. The predicted molar refractivity (Wildman–Crippen MR) is 126 cm³/mol. The molecule has 0 unspecified atom stereocenters. The fraction of sp³-hybridized carbons (Fsp3) is 0.240. The number of amides is 1. The minimum absolute atomic E-state index is 0.0281. The molecule has 0 saturated carbocycles. The molecule has 0 aromatic heterocycles. The molecule has 0 radical (unpaired) electrons. The monoisotopic (exact) mass is 467 g/mol. The molecule has 3 aromatic rings. The summed E-state index contributed by atoms with van der Waals surface area (Å²) in [4.78, 5) is 17.2. The number of hydrogen-bond donors (Lipinski definition) is 1. The van der Waals surface area contributed by atoms with Crippen molar-refractivity contribution in [3.63, 3.8) is 0 Å². The van der Waals surface area contributed by atoms with E-state index >= 15 is 0 Å². The Morgan fingerprint density at radius 2 is 1.61 bits per heavy atom. The van der Waals surface area contributed by atoms with Crippen molar-refractivity contribution in [2.24, 2.45) is 0 Å². The first kappa shape index (κ1) is 22.9. The molecule has 172 valence electrons. The van der Waals surface area contributed by atoms with Gasteiger partial charge in [-0.1, -0.05) is 36.4 Å². The fourth-order valence-corrected chi connectivity index (χ4v) is 5.21. The highest BCUT2D eigenvalue weighted by Crippen LogP contribution is 2.22. The summed E-state index contributed by atoms with van der Waals surface area (Å²) in [6, 6.07) is 20.0. The molecule has 1 aliphatic rings. The average molecular weight is 468 g/mol. The van der Waals surface area contributed by atoms with Crippen molar-refractivity contribution in [2.75, 3.05) is 30.9 Å². The molecule has 1 fully saturated rings. The Kier molecular flexibility index (Phi) is 6.76. The lowest BCUT2D eigenvalue weighted by Crippen LogP contribution is -2.48. The number of aryl methyl sites for hydroxylation is 1. The second-order valence-electron chi connectivity index (χ2n) is 8.15. The van der Waals surface area contributed by atoms with Gasteiger partial charge in [-0.2, -0.15) is 0 Å². The van der Waals surface area contributed by atoms with Crippen molar-refractivity contribution in [2.45, 2.75) is 18.4 Å². The fourth-order valence-electron chi connectivity index (χ4n) is 3.88. The van der Waals surface area contributed by atoms with Crippen LogP contribution >= 0.6 is 0 Å². The highest BCUT2D eigenvalue weighted by Gasteiger charge is 2.25. The van der Waals surface area contributed by atoms with Crippen LogP contribution in [-0.4, -0.2) is 50.3 Å². The zero-order chi connectivity index (χ0) is 23.4. The number of nitrogens with one attached hydrogen (secondary N) is 1. The number of sulfonamides is 1. The van der Waals surface area contributed by atoms with Crippen LogP contribution in [0.4, 0.5) is 10.1 Å². The molecule has 0 bridgehead atoms. The SMILES string of the molecule is Cc1ccc(C(=O)N2CCN(Cc3ccccc3)CC2)cc1S(=O)(=O)Nc1ccc(F)cc1. The minimum Gasteiger partial charge on any atom is -0.336 e. The lowest BCUT2D eigenvalue weighted by molar-refractivity contribution is 0.0628. The van der Waals surface area contributed by atoms with Gasteiger partial charge in [0.15, 0.2) is 0 Å². The van der Waals surface area contributed by atoms with Gasteiger partial charge in [0.1, 0.15) is 5.82 Å². The summed E-state index contributed by atoms with van der Waals surface area (Å²) in [5.74, 6) is -0.641. The Morgan fingerprint density at radius 3 is 2.27 bits per heavy atom. The maximum Gasteiger partial charge on any atom is 0.262 e. The van der Waals surface area contributed by atoms with Gasteiger partial charge >= 0.3 is 0 Å². The number of nitrogens with zero attached hydrogens (tertiary/aromatic N) is 2. The third-order valence-electron chi connectivity index (χ3n) is 5.73. The van der Waals surface area contributed by atoms with Crippen LogP contribution in [0.2, 0.25) is 0 Å². The predicted octanol–water partition coefficient (Wildman–Crippen LogP) is 3.89. The lowest BCUT2D eigenvalue weighted by atomic mass is 10.1. The molecule has 0 aliphatic carbocycles. The van der Waals surface area contributed by atoms with Gasteiger partial charge in [-0.15, -0.1) is 0 Å². The van der Waals surface area contributed by atoms with E-state index in [9.17, 15) is 17.6 Å². The Labute approximate surface area is 193 Å². The van der Waals surface area contributed by atoms with Crippen LogP contribution in [0.5, 0.6) is 0 Å². The van der Waals surface area contributed by atoms with Crippen molar-refractivity contribution < 1.29 is 17.6 Å². The maximum absolute atomic E-state index is 13.1. The number of carbonyl (C=O) groups excluding carboxylic acids is 1. The van der Waals surface area contributed by atoms with Gasteiger partial charge < -0.3 is 4.90 Å². The summed E-state index contributed by atoms with van der Waals surface area (Å²) < 4.78 is 41.5. The molecule has 6 nitrogen and oxygen atoms in total. The Morgan fingerprint density at radius 1 is 0.939 bits per heavy atom. The highest BCUT2D eigenvalue weighted by molar-refractivity contribution is 7.92. The van der Waals surface area contributed by atoms with Crippen LogP contribution in [0.1, 0.15) is 21.5 Å². The molecule has 8 heteroatoms. The van der Waals surface area contributed by atoms with Gasteiger partial charge in [0, 0.05) is 44.0 Å². The van der Waals surface area contributed by atoms with Gasteiger partial charge in [0.2, 0.25) is 0 Å². The summed E-state index contributed by atoms with van der Waals surface area (Å²) in [5.41, 5.74) is 2.34. The first-order valence-corrected chi connectivity index (χ1v) is 12.2. The molecule has 1 aliphatic heterocycles. The first-order chi connectivity index (χ1) is 15.8. The topological polar surface area (TPSA) is 69.7 Å². The Bertz CT molecular complexity index is 1220. The summed E-state index contributed by atoms with van der Waals surface area (Å²) in [6.07, 6.45) is 0. The van der Waals surface area contributed by atoms with E-state index in [4.69, 9.17) is 0 Å². The van der Waals surface area contributed by atoms with E-state index in [1.165, 1.54) is 35.9 Å². The summed E-state index contributed by atoms with van der Waals surface area (Å²) in [5, 5.41) is 0. The molecule has 1 heterocycles. The second-order valence-corrected chi connectivity index (χ2v) is 9.80. The molecule has 3 aromatic carbocycles. The van der Waals surface area contributed by atoms with Gasteiger partial charge in [-0.25, -0.2) is 12.8 Å².